The van der Waals surface area contributed by atoms with Crippen molar-refractivity contribution < 1.29 is 22.7 Å². The van der Waals surface area contributed by atoms with Gasteiger partial charge in [-0.15, -0.1) is 0 Å². The largest absolute Gasteiger partial charge is 0.416 e. The lowest BCUT2D eigenvalue weighted by atomic mass is 10.1. The van der Waals surface area contributed by atoms with Crippen molar-refractivity contribution in [3.8, 4) is 5.69 Å². The molecular formula is C21H18F3N3O3. The molecule has 0 unspecified atom stereocenters. The summed E-state index contributed by atoms with van der Waals surface area (Å²) in [4.78, 5) is 29.3. The van der Waals surface area contributed by atoms with Crippen molar-refractivity contribution in [1.29, 1.82) is 0 Å². The summed E-state index contributed by atoms with van der Waals surface area (Å²) in [6.07, 6.45) is -1.48. The number of nitrogens with one attached hydrogen (secondary N) is 1. The second-order valence-electron chi connectivity index (χ2n) is 7.04. The van der Waals surface area contributed by atoms with Crippen LogP contribution in [-0.2, 0) is 10.9 Å². The zero-order valence-electron chi connectivity index (χ0n) is 15.8. The summed E-state index contributed by atoms with van der Waals surface area (Å²) >= 11 is 0. The van der Waals surface area contributed by atoms with Crippen molar-refractivity contribution >= 4 is 16.8 Å². The standard InChI is InChI=1S/C21H18F3N3O3/c22-21(23,24)14-3-1-4-15(10-14)27-12-26-18-9-13(6-7-17(18)20(27)29)19(28)25-11-16-5-2-8-30-16/h1,3-4,6-7,9-10,12,16H,2,5,8,11H2,(H,25,28)/t16-/m0/s1. The molecule has 156 valence electrons. The van der Waals surface area contributed by atoms with Gasteiger partial charge in [0.2, 0.25) is 0 Å². The van der Waals surface area contributed by atoms with Crippen LogP contribution in [0.15, 0.2) is 53.6 Å². The first kappa shape index (κ1) is 20.1. The van der Waals surface area contributed by atoms with Gasteiger partial charge in [-0.05, 0) is 49.2 Å². The molecule has 1 N–H and O–H groups in total. The van der Waals surface area contributed by atoms with Crippen LogP contribution in [0.25, 0.3) is 16.6 Å². The van der Waals surface area contributed by atoms with Crippen LogP contribution in [-0.4, -0.2) is 34.7 Å². The lowest BCUT2D eigenvalue weighted by molar-refractivity contribution is -0.137. The molecule has 4 rings (SSSR count). The van der Waals surface area contributed by atoms with Crippen molar-refractivity contribution in [1.82, 2.24) is 14.9 Å². The first-order chi connectivity index (χ1) is 14.3. The molecule has 0 bridgehead atoms. The molecule has 2 heterocycles. The van der Waals surface area contributed by atoms with Crippen molar-refractivity contribution in [2.75, 3.05) is 13.2 Å². The Balaban J connectivity index is 1.61. The van der Waals surface area contributed by atoms with Gasteiger partial charge in [0.15, 0.2) is 0 Å². The number of aromatic nitrogens is 2. The van der Waals surface area contributed by atoms with E-state index in [1.54, 1.807) is 0 Å². The first-order valence-electron chi connectivity index (χ1n) is 9.42. The van der Waals surface area contributed by atoms with E-state index in [2.05, 4.69) is 10.3 Å². The van der Waals surface area contributed by atoms with E-state index < -0.39 is 17.3 Å². The minimum atomic E-state index is -4.52. The average molecular weight is 417 g/mol. The molecule has 1 aromatic heterocycles. The Hall–Kier alpha value is -3.20. The van der Waals surface area contributed by atoms with Crippen LogP contribution in [0.2, 0.25) is 0 Å². The van der Waals surface area contributed by atoms with Crippen LogP contribution in [0, 0.1) is 0 Å². The van der Waals surface area contributed by atoms with Gasteiger partial charge >= 0.3 is 6.18 Å². The van der Waals surface area contributed by atoms with E-state index in [1.807, 2.05) is 0 Å². The van der Waals surface area contributed by atoms with Gasteiger partial charge in [0.25, 0.3) is 11.5 Å². The second kappa shape index (κ2) is 7.91. The minimum Gasteiger partial charge on any atom is -0.376 e. The van der Waals surface area contributed by atoms with Gasteiger partial charge in [-0.2, -0.15) is 13.2 Å². The number of amides is 1. The van der Waals surface area contributed by atoms with E-state index in [0.29, 0.717) is 18.7 Å². The maximum absolute atomic E-state index is 13.0. The molecule has 0 radical (unpaired) electrons. The Labute approximate surface area is 169 Å². The monoisotopic (exact) mass is 417 g/mol. The maximum atomic E-state index is 13.0. The molecule has 1 fully saturated rings. The van der Waals surface area contributed by atoms with Crippen molar-refractivity contribution in [3.63, 3.8) is 0 Å². The van der Waals surface area contributed by atoms with Crippen LogP contribution in [0.4, 0.5) is 13.2 Å². The lowest BCUT2D eigenvalue weighted by Crippen LogP contribution is -2.31. The predicted molar refractivity (Wildman–Crippen MR) is 104 cm³/mol. The van der Waals surface area contributed by atoms with Crippen molar-refractivity contribution in [2.45, 2.75) is 25.1 Å². The lowest BCUT2D eigenvalue weighted by Gasteiger charge is -2.12. The molecule has 0 aliphatic carbocycles. The number of alkyl halides is 3. The topological polar surface area (TPSA) is 73.2 Å². The van der Waals surface area contributed by atoms with Crippen LogP contribution in [0.3, 0.4) is 0 Å². The van der Waals surface area contributed by atoms with Gasteiger partial charge < -0.3 is 10.1 Å². The van der Waals surface area contributed by atoms with E-state index in [1.165, 1.54) is 30.3 Å². The molecular weight excluding hydrogens is 399 g/mol. The Kier molecular flexibility index (Phi) is 5.29. The quantitative estimate of drug-likeness (QED) is 0.707. The zero-order valence-corrected chi connectivity index (χ0v) is 15.8. The zero-order chi connectivity index (χ0) is 21.3. The molecule has 30 heavy (non-hydrogen) atoms. The molecule has 1 aliphatic rings. The molecule has 1 atom stereocenters. The third-order valence-electron chi connectivity index (χ3n) is 4.99. The van der Waals surface area contributed by atoms with E-state index in [0.717, 1.165) is 35.9 Å². The molecule has 1 aliphatic heterocycles. The van der Waals surface area contributed by atoms with Crippen LogP contribution in [0.5, 0.6) is 0 Å². The first-order valence-corrected chi connectivity index (χ1v) is 9.42. The molecule has 1 amide bonds. The molecule has 0 saturated carbocycles. The van der Waals surface area contributed by atoms with E-state index in [9.17, 15) is 22.8 Å². The maximum Gasteiger partial charge on any atom is 0.416 e. The van der Waals surface area contributed by atoms with Gasteiger partial charge in [-0.3, -0.25) is 14.2 Å². The van der Waals surface area contributed by atoms with E-state index in [-0.39, 0.29) is 28.6 Å². The number of hydrogen-bond donors (Lipinski definition) is 1. The fourth-order valence-electron chi connectivity index (χ4n) is 3.39. The van der Waals surface area contributed by atoms with Gasteiger partial charge in [0.1, 0.15) is 6.33 Å². The van der Waals surface area contributed by atoms with Gasteiger partial charge in [-0.1, -0.05) is 6.07 Å². The Morgan fingerprint density at radius 2 is 2.07 bits per heavy atom. The third kappa shape index (κ3) is 4.06. The van der Waals surface area contributed by atoms with Crippen molar-refractivity contribution in [3.05, 3.63) is 70.3 Å². The number of halogens is 3. The fraction of sp³-hybridized carbons (Fsp3) is 0.286. The highest BCUT2D eigenvalue weighted by Gasteiger charge is 2.30. The SMILES string of the molecule is O=C(NC[C@@H]1CCCO1)c1ccc2c(=O)n(-c3cccc(C(F)(F)F)c3)cnc2c1. The highest BCUT2D eigenvalue weighted by Crippen LogP contribution is 2.30. The van der Waals surface area contributed by atoms with Crippen LogP contribution >= 0.6 is 0 Å². The normalized spacial score (nSPS) is 16.7. The summed E-state index contributed by atoms with van der Waals surface area (Å²) in [5, 5.41) is 3.00. The van der Waals surface area contributed by atoms with E-state index >= 15 is 0 Å². The fourth-order valence-corrected chi connectivity index (χ4v) is 3.39. The summed E-state index contributed by atoms with van der Waals surface area (Å²) < 4.78 is 45.4. The second-order valence-corrected chi connectivity index (χ2v) is 7.04. The summed E-state index contributed by atoms with van der Waals surface area (Å²) in [5.74, 6) is -0.309. The number of benzene rings is 2. The van der Waals surface area contributed by atoms with Gasteiger partial charge in [-0.25, -0.2) is 4.98 Å². The smallest absolute Gasteiger partial charge is 0.376 e. The summed E-state index contributed by atoms with van der Waals surface area (Å²) in [7, 11) is 0. The summed E-state index contributed by atoms with van der Waals surface area (Å²) in [5.41, 5.74) is -0.698. The number of ether oxygens (including phenoxy) is 1. The van der Waals surface area contributed by atoms with Gasteiger partial charge in [0.05, 0.1) is 28.3 Å². The number of hydrogen-bond acceptors (Lipinski definition) is 4. The summed E-state index contributed by atoms with van der Waals surface area (Å²) in [6, 6.07) is 8.89. The third-order valence-corrected chi connectivity index (χ3v) is 4.99. The van der Waals surface area contributed by atoms with Crippen molar-refractivity contribution in [2.24, 2.45) is 0 Å². The Morgan fingerprint density at radius 1 is 1.23 bits per heavy atom. The molecule has 1 saturated heterocycles. The number of fused-ring (bicyclic) bond motifs is 1. The molecule has 0 spiro atoms. The van der Waals surface area contributed by atoms with Crippen LogP contribution < -0.4 is 10.9 Å². The number of rotatable bonds is 4. The summed E-state index contributed by atoms with van der Waals surface area (Å²) in [6.45, 7) is 1.10. The number of carbonyl (C=O) groups excluding carboxylic acids is 1. The molecule has 6 nitrogen and oxygen atoms in total. The van der Waals surface area contributed by atoms with Crippen LogP contribution in [0.1, 0.15) is 28.8 Å². The van der Waals surface area contributed by atoms with E-state index in [4.69, 9.17) is 4.74 Å². The molecule has 9 heteroatoms. The minimum absolute atomic E-state index is 0.00666. The average Bonchev–Trinajstić information content (AvgIpc) is 3.25. The number of nitrogens with zero attached hydrogens (tertiary/aromatic N) is 2. The Bertz CT molecular complexity index is 1150. The molecule has 2 aromatic carbocycles. The highest BCUT2D eigenvalue weighted by molar-refractivity contribution is 5.97. The van der Waals surface area contributed by atoms with Gasteiger partial charge in [0, 0.05) is 18.7 Å². The highest BCUT2D eigenvalue weighted by atomic mass is 19.4. The number of carbonyl (C=O) groups is 1. The predicted octanol–water partition coefficient (Wildman–Crippen LogP) is 3.31. The Morgan fingerprint density at radius 3 is 2.80 bits per heavy atom. The molecule has 3 aromatic rings.